The van der Waals surface area contributed by atoms with E-state index in [1.165, 1.54) is 30.3 Å². The molecule has 2 amide bonds. The molecular weight excluding hydrogens is 313 g/mol. The lowest BCUT2D eigenvalue weighted by Gasteiger charge is -2.06. The molecule has 0 fully saturated rings. The largest absolute Gasteiger partial charge is 0.508 e. The van der Waals surface area contributed by atoms with Crippen LogP contribution in [0.1, 0.15) is 22.8 Å². The summed E-state index contributed by atoms with van der Waals surface area (Å²) in [5, 5.41) is 15.6. The molecule has 7 heteroatoms. The first-order valence-corrected chi connectivity index (χ1v) is 7.12. The van der Waals surface area contributed by atoms with Crippen molar-refractivity contribution in [3.63, 3.8) is 0 Å². The van der Waals surface area contributed by atoms with Gasteiger partial charge in [-0.05, 0) is 31.2 Å². The molecule has 0 heterocycles. The van der Waals surface area contributed by atoms with Crippen LogP contribution in [0.25, 0.3) is 0 Å². The Balaban J connectivity index is 1.88. The van der Waals surface area contributed by atoms with Crippen LogP contribution in [0, 0.1) is 5.82 Å². The van der Waals surface area contributed by atoms with Crippen molar-refractivity contribution in [2.24, 2.45) is 5.10 Å². The van der Waals surface area contributed by atoms with Crippen LogP contribution in [0.4, 0.5) is 4.39 Å². The van der Waals surface area contributed by atoms with E-state index in [-0.39, 0.29) is 17.9 Å². The first-order chi connectivity index (χ1) is 11.5. The molecule has 2 aromatic carbocycles. The molecule has 0 saturated carbocycles. The van der Waals surface area contributed by atoms with Gasteiger partial charge in [0.15, 0.2) is 0 Å². The fourth-order valence-electron chi connectivity index (χ4n) is 1.88. The monoisotopic (exact) mass is 329 g/mol. The molecule has 2 aromatic rings. The molecule has 3 N–H and O–H groups in total. The molecule has 6 nitrogen and oxygen atoms in total. The zero-order valence-electron chi connectivity index (χ0n) is 12.9. The van der Waals surface area contributed by atoms with Crippen LogP contribution >= 0.6 is 0 Å². The van der Waals surface area contributed by atoms with Gasteiger partial charge in [-0.25, -0.2) is 9.82 Å². The predicted molar refractivity (Wildman–Crippen MR) is 87.2 cm³/mol. The first kappa shape index (κ1) is 17.1. The highest BCUT2D eigenvalue weighted by molar-refractivity contribution is 6.00. The lowest BCUT2D eigenvalue weighted by molar-refractivity contribution is -0.120. The quantitative estimate of drug-likeness (QED) is 0.577. The van der Waals surface area contributed by atoms with E-state index in [0.717, 1.165) is 6.07 Å². The number of phenolic OH excluding ortho intramolecular Hbond substituents is 1. The number of aromatic hydroxyl groups is 1. The second-order valence-electron chi connectivity index (χ2n) is 4.95. The summed E-state index contributed by atoms with van der Waals surface area (Å²) in [6, 6.07) is 11.9. The third-order valence-corrected chi connectivity index (χ3v) is 3.14. The molecule has 0 aliphatic heterocycles. The molecule has 0 unspecified atom stereocenters. The average Bonchev–Trinajstić information content (AvgIpc) is 2.58. The molecular formula is C17H16FN3O3. The van der Waals surface area contributed by atoms with E-state index in [0.29, 0.717) is 11.3 Å². The third kappa shape index (κ3) is 4.64. The SMILES string of the molecule is CC(=NNC(=O)CNC(=O)c1ccccc1F)c1cccc(O)c1. The van der Waals surface area contributed by atoms with Crippen molar-refractivity contribution in [1.29, 1.82) is 0 Å². The van der Waals surface area contributed by atoms with Crippen LogP contribution in [0.15, 0.2) is 53.6 Å². The van der Waals surface area contributed by atoms with E-state index < -0.39 is 17.6 Å². The number of carbonyl (C=O) groups is 2. The van der Waals surface area contributed by atoms with Crippen LogP contribution in [-0.2, 0) is 4.79 Å². The molecule has 0 saturated heterocycles. The van der Waals surface area contributed by atoms with Gasteiger partial charge in [-0.2, -0.15) is 5.10 Å². The van der Waals surface area contributed by atoms with Crippen molar-refractivity contribution in [2.75, 3.05) is 6.54 Å². The molecule has 0 atom stereocenters. The number of nitrogens with zero attached hydrogens (tertiary/aromatic N) is 1. The van der Waals surface area contributed by atoms with Gasteiger partial charge in [0.25, 0.3) is 11.8 Å². The van der Waals surface area contributed by atoms with Crippen molar-refractivity contribution < 1.29 is 19.1 Å². The van der Waals surface area contributed by atoms with Gasteiger partial charge in [0.1, 0.15) is 11.6 Å². The number of hydrazone groups is 1. The van der Waals surface area contributed by atoms with Crippen LogP contribution in [0.2, 0.25) is 0 Å². The first-order valence-electron chi connectivity index (χ1n) is 7.12. The number of benzene rings is 2. The highest BCUT2D eigenvalue weighted by atomic mass is 19.1. The highest BCUT2D eigenvalue weighted by Crippen LogP contribution is 2.11. The Morgan fingerprint density at radius 3 is 2.62 bits per heavy atom. The number of phenols is 1. The maximum atomic E-state index is 13.4. The minimum atomic E-state index is -0.683. The fraction of sp³-hybridized carbons (Fsp3) is 0.118. The second kappa shape index (κ2) is 7.87. The molecule has 0 bridgehead atoms. The normalized spacial score (nSPS) is 11.0. The molecule has 0 aliphatic carbocycles. The lowest BCUT2D eigenvalue weighted by Crippen LogP contribution is -2.35. The molecule has 0 spiro atoms. The summed E-state index contributed by atoms with van der Waals surface area (Å²) < 4.78 is 13.4. The summed E-state index contributed by atoms with van der Waals surface area (Å²) in [5.74, 6) is -1.81. The number of hydrogen-bond acceptors (Lipinski definition) is 4. The Labute approximate surface area is 138 Å². The molecule has 0 aromatic heterocycles. The van der Waals surface area contributed by atoms with Crippen LogP contribution in [-0.4, -0.2) is 29.2 Å². The second-order valence-corrected chi connectivity index (χ2v) is 4.95. The number of carbonyl (C=O) groups excluding carboxylic acids is 2. The van der Waals surface area contributed by atoms with Gasteiger partial charge in [0, 0.05) is 5.56 Å². The highest BCUT2D eigenvalue weighted by Gasteiger charge is 2.11. The lowest BCUT2D eigenvalue weighted by atomic mass is 10.1. The number of nitrogens with one attached hydrogen (secondary N) is 2. The number of halogens is 1. The molecule has 0 radical (unpaired) electrons. The zero-order chi connectivity index (χ0) is 17.5. The summed E-state index contributed by atoms with van der Waals surface area (Å²) in [7, 11) is 0. The van der Waals surface area contributed by atoms with Gasteiger partial charge < -0.3 is 10.4 Å². The number of rotatable bonds is 5. The summed E-state index contributed by atoms with van der Waals surface area (Å²) >= 11 is 0. The number of amides is 2. The van der Waals surface area contributed by atoms with Crippen molar-refractivity contribution in [3.05, 3.63) is 65.5 Å². The van der Waals surface area contributed by atoms with Gasteiger partial charge in [0.2, 0.25) is 0 Å². The summed E-state index contributed by atoms with van der Waals surface area (Å²) in [6.07, 6.45) is 0. The Kier molecular flexibility index (Phi) is 5.62. The van der Waals surface area contributed by atoms with Gasteiger partial charge >= 0.3 is 0 Å². The Hall–Kier alpha value is -3.22. The van der Waals surface area contributed by atoms with Crippen molar-refractivity contribution >= 4 is 17.5 Å². The Bertz CT molecular complexity index is 790. The smallest absolute Gasteiger partial charge is 0.259 e. The van der Waals surface area contributed by atoms with Gasteiger partial charge in [-0.15, -0.1) is 0 Å². The van der Waals surface area contributed by atoms with Crippen molar-refractivity contribution in [2.45, 2.75) is 6.92 Å². The van der Waals surface area contributed by atoms with E-state index >= 15 is 0 Å². The number of hydrogen-bond donors (Lipinski definition) is 3. The van der Waals surface area contributed by atoms with Gasteiger partial charge in [0.05, 0.1) is 17.8 Å². The van der Waals surface area contributed by atoms with Gasteiger partial charge in [-0.1, -0.05) is 24.3 Å². The maximum Gasteiger partial charge on any atom is 0.259 e. The average molecular weight is 329 g/mol. The van der Waals surface area contributed by atoms with Gasteiger partial charge in [-0.3, -0.25) is 9.59 Å². The maximum absolute atomic E-state index is 13.4. The Morgan fingerprint density at radius 2 is 1.92 bits per heavy atom. The molecule has 124 valence electrons. The van der Waals surface area contributed by atoms with E-state index in [1.54, 1.807) is 19.1 Å². The summed E-state index contributed by atoms with van der Waals surface area (Å²) in [4.78, 5) is 23.5. The predicted octanol–water partition coefficient (Wildman–Crippen LogP) is 1.80. The molecule has 2 rings (SSSR count). The summed E-state index contributed by atoms with van der Waals surface area (Å²) in [5.41, 5.74) is 3.28. The molecule has 24 heavy (non-hydrogen) atoms. The van der Waals surface area contributed by atoms with Crippen LogP contribution in [0.3, 0.4) is 0 Å². The van der Waals surface area contributed by atoms with Crippen LogP contribution < -0.4 is 10.7 Å². The Morgan fingerprint density at radius 1 is 1.17 bits per heavy atom. The summed E-state index contributed by atoms with van der Waals surface area (Å²) in [6.45, 7) is 1.32. The molecule has 0 aliphatic rings. The minimum Gasteiger partial charge on any atom is -0.508 e. The van der Waals surface area contributed by atoms with Crippen LogP contribution in [0.5, 0.6) is 5.75 Å². The fourth-order valence-corrected chi connectivity index (χ4v) is 1.88. The van der Waals surface area contributed by atoms with E-state index in [4.69, 9.17) is 0 Å². The minimum absolute atomic E-state index is 0.0885. The topological polar surface area (TPSA) is 90.8 Å². The van der Waals surface area contributed by atoms with E-state index in [9.17, 15) is 19.1 Å². The van der Waals surface area contributed by atoms with E-state index in [2.05, 4.69) is 15.8 Å². The zero-order valence-corrected chi connectivity index (χ0v) is 12.9. The standard InChI is InChI=1S/C17H16FN3O3/c1-11(12-5-4-6-13(22)9-12)20-21-16(23)10-19-17(24)14-7-2-3-8-15(14)18/h2-9,22H,10H2,1H3,(H,19,24)(H,21,23). The third-order valence-electron chi connectivity index (χ3n) is 3.14. The van der Waals surface area contributed by atoms with Crippen molar-refractivity contribution in [1.82, 2.24) is 10.7 Å². The van der Waals surface area contributed by atoms with Crippen molar-refractivity contribution in [3.8, 4) is 5.75 Å². The van der Waals surface area contributed by atoms with E-state index in [1.807, 2.05) is 0 Å².